The van der Waals surface area contributed by atoms with Crippen molar-refractivity contribution in [2.75, 3.05) is 5.32 Å². The summed E-state index contributed by atoms with van der Waals surface area (Å²) in [6.07, 6.45) is 3.09. The molecule has 0 bridgehead atoms. The molecule has 0 aliphatic heterocycles. The minimum atomic E-state index is -0.0566. The van der Waals surface area contributed by atoms with E-state index < -0.39 is 0 Å². The molecule has 26 heavy (non-hydrogen) atoms. The second kappa shape index (κ2) is 8.09. The van der Waals surface area contributed by atoms with Gasteiger partial charge in [0, 0.05) is 41.9 Å². The zero-order valence-corrected chi connectivity index (χ0v) is 15.8. The van der Waals surface area contributed by atoms with Gasteiger partial charge < -0.3 is 14.8 Å². The van der Waals surface area contributed by atoms with Crippen molar-refractivity contribution in [2.45, 2.75) is 46.3 Å². The van der Waals surface area contributed by atoms with Crippen LogP contribution in [0, 0.1) is 0 Å². The van der Waals surface area contributed by atoms with E-state index in [4.69, 9.17) is 0 Å². The molecule has 3 rings (SSSR count). The minimum Gasteiger partial charge on any atom is -0.347 e. The van der Waals surface area contributed by atoms with Crippen LogP contribution >= 0.6 is 0 Å². The second-order valence-electron chi connectivity index (χ2n) is 6.64. The molecule has 4 heteroatoms. The van der Waals surface area contributed by atoms with Crippen molar-refractivity contribution in [3.63, 3.8) is 0 Å². The number of fused-ring (bicyclic) bond motifs is 1. The molecule has 1 unspecified atom stereocenters. The third-order valence-corrected chi connectivity index (χ3v) is 4.96. The lowest BCUT2D eigenvalue weighted by molar-refractivity contribution is 0.187. The molecule has 3 aromatic rings. The summed E-state index contributed by atoms with van der Waals surface area (Å²) in [5, 5.41) is 4.24. The van der Waals surface area contributed by atoms with Crippen LogP contribution in [-0.4, -0.2) is 21.5 Å². The number of hydrogen-bond acceptors (Lipinski definition) is 1. The number of anilines is 1. The molecule has 4 nitrogen and oxygen atoms in total. The highest BCUT2D eigenvalue weighted by molar-refractivity contribution is 5.90. The van der Waals surface area contributed by atoms with Gasteiger partial charge in [0.1, 0.15) is 0 Å². The van der Waals surface area contributed by atoms with Crippen LogP contribution in [0.3, 0.4) is 0 Å². The summed E-state index contributed by atoms with van der Waals surface area (Å²) < 4.78 is 2.24. The third-order valence-electron chi connectivity index (χ3n) is 4.96. The Morgan fingerprint density at radius 3 is 2.46 bits per heavy atom. The van der Waals surface area contributed by atoms with Crippen molar-refractivity contribution in [1.29, 1.82) is 0 Å². The van der Waals surface area contributed by atoms with E-state index in [0.29, 0.717) is 6.54 Å². The summed E-state index contributed by atoms with van der Waals surface area (Å²) in [7, 11) is 0. The Labute approximate surface area is 155 Å². The van der Waals surface area contributed by atoms with Crippen molar-refractivity contribution in [3.05, 3.63) is 66.4 Å². The average molecular weight is 349 g/mol. The summed E-state index contributed by atoms with van der Waals surface area (Å²) in [6.45, 7) is 7.87. The number of amides is 2. The molecular weight excluding hydrogens is 322 g/mol. The molecule has 1 aromatic heterocycles. The number of para-hydroxylation sites is 2. The van der Waals surface area contributed by atoms with E-state index in [1.54, 1.807) is 0 Å². The summed E-state index contributed by atoms with van der Waals surface area (Å²) in [6, 6.07) is 18.1. The van der Waals surface area contributed by atoms with E-state index >= 15 is 0 Å². The topological polar surface area (TPSA) is 37.3 Å². The number of nitrogens with zero attached hydrogens (tertiary/aromatic N) is 2. The van der Waals surface area contributed by atoms with Crippen molar-refractivity contribution in [1.82, 2.24) is 9.47 Å². The fourth-order valence-electron chi connectivity index (χ4n) is 3.26. The van der Waals surface area contributed by atoms with Crippen LogP contribution in [0.1, 0.15) is 32.8 Å². The predicted molar refractivity (Wildman–Crippen MR) is 108 cm³/mol. The summed E-state index contributed by atoms with van der Waals surface area (Å²) in [5.74, 6) is 0. The number of nitrogens with one attached hydrogen (secondary N) is 1. The minimum absolute atomic E-state index is 0.0566. The first-order chi connectivity index (χ1) is 12.6. The Hall–Kier alpha value is -2.75. The average Bonchev–Trinajstić information content (AvgIpc) is 3.04. The lowest BCUT2D eigenvalue weighted by Crippen LogP contribution is -2.40. The predicted octanol–water partition coefficient (Wildman–Crippen LogP) is 5.49. The van der Waals surface area contributed by atoms with E-state index in [-0.39, 0.29) is 12.1 Å². The van der Waals surface area contributed by atoms with E-state index in [2.05, 4.69) is 61.1 Å². The van der Waals surface area contributed by atoms with Gasteiger partial charge in [0.2, 0.25) is 0 Å². The Balaban J connectivity index is 1.88. The van der Waals surface area contributed by atoms with Crippen molar-refractivity contribution < 1.29 is 4.79 Å². The van der Waals surface area contributed by atoms with Gasteiger partial charge in [-0.05, 0) is 44.0 Å². The molecule has 136 valence electrons. The molecule has 0 fully saturated rings. The molecule has 0 saturated carbocycles. The van der Waals surface area contributed by atoms with Crippen molar-refractivity contribution in [3.8, 4) is 0 Å². The number of aryl methyl sites for hydroxylation is 1. The Kier molecular flexibility index (Phi) is 5.61. The van der Waals surface area contributed by atoms with Crippen molar-refractivity contribution >= 4 is 22.6 Å². The van der Waals surface area contributed by atoms with Gasteiger partial charge in [-0.15, -0.1) is 0 Å². The maximum atomic E-state index is 12.9. The van der Waals surface area contributed by atoms with Crippen LogP contribution in [0.25, 0.3) is 10.9 Å². The van der Waals surface area contributed by atoms with Gasteiger partial charge in [0.05, 0.1) is 0 Å². The van der Waals surface area contributed by atoms with Gasteiger partial charge in [-0.2, -0.15) is 0 Å². The second-order valence-corrected chi connectivity index (χ2v) is 6.64. The fourth-order valence-corrected chi connectivity index (χ4v) is 3.26. The van der Waals surface area contributed by atoms with Gasteiger partial charge in [-0.1, -0.05) is 43.3 Å². The number of rotatable bonds is 6. The van der Waals surface area contributed by atoms with Gasteiger partial charge in [-0.3, -0.25) is 0 Å². The van der Waals surface area contributed by atoms with Crippen LogP contribution in [0.5, 0.6) is 0 Å². The standard InChI is InChI=1S/C22H27N3O/c1-4-17(3)25(22(26)23-19-11-7-6-8-12-19)16-18-15-24(5-2)21-14-10-9-13-20(18)21/h6-15,17H,4-5,16H2,1-3H3,(H,23,26). The molecule has 2 aromatic carbocycles. The molecule has 1 heterocycles. The third kappa shape index (κ3) is 3.74. The molecular formula is C22H27N3O. The maximum Gasteiger partial charge on any atom is 0.322 e. The van der Waals surface area contributed by atoms with Crippen LogP contribution in [0.4, 0.5) is 10.5 Å². The van der Waals surface area contributed by atoms with E-state index in [0.717, 1.165) is 18.7 Å². The number of carbonyl (C=O) groups excluding carboxylic acids is 1. The fraction of sp³-hybridized carbons (Fsp3) is 0.318. The highest BCUT2D eigenvalue weighted by atomic mass is 16.2. The molecule has 0 radical (unpaired) electrons. The summed E-state index contributed by atoms with van der Waals surface area (Å²) >= 11 is 0. The van der Waals surface area contributed by atoms with Crippen LogP contribution in [-0.2, 0) is 13.1 Å². The van der Waals surface area contributed by atoms with E-state index in [1.807, 2.05) is 35.2 Å². The van der Waals surface area contributed by atoms with Crippen LogP contribution in [0.2, 0.25) is 0 Å². The largest absolute Gasteiger partial charge is 0.347 e. The lowest BCUT2D eigenvalue weighted by atomic mass is 10.1. The quantitative estimate of drug-likeness (QED) is 0.627. The SMILES string of the molecule is CCC(C)N(Cc1cn(CC)c2ccccc12)C(=O)Nc1ccccc1. The Bertz CT molecular complexity index is 869. The molecule has 2 amide bonds. The first-order valence-electron chi connectivity index (χ1n) is 9.33. The number of benzene rings is 2. The molecule has 0 spiro atoms. The number of hydrogen-bond donors (Lipinski definition) is 1. The number of carbonyl (C=O) groups is 1. The number of aromatic nitrogens is 1. The summed E-state index contributed by atoms with van der Waals surface area (Å²) in [5.41, 5.74) is 3.23. The Morgan fingerprint density at radius 1 is 1.08 bits per heavy atom. The zero-order valence-electron chi connectivity index (χ0n) is 15.8. The van der Waals surface area contributed by atoms with Gasteiger partial charge in [-0.25, -0.2) is 4.79 Å². The molecule has 0 aliphatic carbocycles. The van der Waals surface area contributed by atoms with Crippen molar-refractivity contribution in [2.24, 2.45) is 0 Å². The first-order valence-corrected chi connectivity index (χ1v) is 9.33. The maximum absolute atomic E-state index is 12.9. The normalized spacial score (nSPS) is 12.1. The zero-order chi connectivity index (χ0) is 18.5. The van der Waals surface area contributed by atoms with Crippen LogP contribution in [0.15, 0.2) is 60.8 Å². The van der Waals surface area contributed by atoms with Gasteiger partial charge in [0.25, 0.3) is 0 Å². The van der Waals surface area contributed by atoms with Crippen LogP contribution < -0.4 is 5.32 Å². The summed E-state index contributed by atoms with van der Waals surface area (Å²) in [4.78, 5) is 14.9. The highest BCUT2D eigenvalue weighted by Crippen LogP contribution is 2.24. The Morgan fingerprint density at radius 2 is 1.77 bits per heavy atom. The van der Waals surface area contributed by atoms with E-state index in [1.165, 1.54) is 16.5 Å². The highest BCUT2D eigenvalue weighted by Gasteiger charge is 2.21. The van der Waals surface area contributed by atoms with Gasteiger partial charge in [0.15, 0.2) is 0 Å². The lowest BCUT2D eigenvalue weighted by Gasteiger charge is -2.28. The molecule has 0 aliphatic rings. The molecule has 1 atom stereocenters. The first kappa shape index (κ1) is 18.1. The smallest absolute Gasteiger partial charge is 0.322 e. The molecule has 1 N–H and O–H groups in total. The molecule has 0 saturated heterocycles. The monoisotopic (exact) mass is 349 g/mol. The van der Waals surface area contributed by atoms with Gasteiger partial charge >= 0.3 is 6.03 Å². The van der Waals surface area contributed by atoms with E-state index in [9.17, 15) is 4.79 Å². The number of urea groups is 1.